The smallest absolute Gasteiger partial charge is 0.321 e. The number of unbranched alkanes of at least 4 members (excludes halogenated alkanes) is 1. The highest BCUT2D eigenvalue weighted by Gasteiger charge is 2.42. The van der Waals surface area contributed by atoms with E-state index in [4.69, 9.17) is 4.74 Å². The molecule has 0 atom stereocenters. The Kier molecular flexibility index (Phi) is 5.76. The molecule has 0 bridgehead atoms. The van der Waals surface area contributed by atoms with Crippen LogP contribution in [0, 0.1) is 0 Å². The largest absolute Gasteiger partial charge is 0.465 e. The standard InChI is InChI=1S/C20H24O2/c1-3-5-16-20(19(21)22-4-2,17-12-8-6-9-13-17)18-14-10-7-11-15-18/h6-15H,3-5,16H2,1-2H3. The zero-order valence-electron chi connectivity index (χ0n) is 13.4. The first-order valence-corrected chi connectivity index (χ1v) is 8.04. The van der Waals surface area contributed by atoms with Crippen LogP contribution < -0.4 is 0 Å². The van der Waals surface area contributed by atoms with Crippen molar-refractivity contribution in [3.05, 3.63) is 71.8 Å². The summed E-state index contributed by atoms with van der Waals surface area (Å²) in [6.07, 6.45) is 2.78. The average Bonchev–Trinajstić information content (AvgIpc) is 2.58. The van der Waals surface area contributed by atoms with E-state index in [0.717, 1.165) is 30.4 Å². The fraction of sp³-hybridized carbons (Fsp3) is 0.350. The highest BCUT2D eigenvalue weighted by Crippen LogP contribution is 2.38. The van der Waals surface area contributed by atoms with Crippen molar-refractivity contribution in [2.24, 2.45) is 0 Å². The molecule has 0 saturated heterocycles. The second kappa shape index (κ2) is 7.79. The molecule has 2 nitrogen and oxygen atoms in total. The molecular weight excluding hydrogens is 272 g/mol. The molecule has 2 aromatic rings. The van der Waals surface area contributed by atoms with Gasteiger partial charge in [-0.1, -0.05) is 80.4 Å². The normalized spacial score (nSPS) is 11.2. The van der Waals surface area contributed by atoms with Gasteiger partial charge in [-0.2, -0.15) is 0 Å². The summed E-state index contributed by atoms with van der Waals surface area (Å²) in [7, 11) is 0. The molecule has 0 N–H and O–H groups in total. The fourth-order valence-corrected chi connectivity index (χ4v) is 2.93. The number of esters is 1. The molecule has 22 heavy (non-hydrogen) atoms. The zero-order valence-corrected chi connectivity index (χ0v) is 13.4. The van der Waals surface area contributed by atoms with Crippen molar-refractivity contribution in [2.45, 2.75) is 38.5 Å². The predicted octanol–water partition coefficient (Wildman–Crippen LogP) is 4.73. The number of hydrogen-bond donors (Lipinski definition) is 0. The van der Waals surface area contributed by atoms with Gasteiger partial charge in [0.1, 0.15) is 5.41 Å². The molecule has 0 unspecified atom stereocenters. The summed E-state index contributed by atoms with van der Waals surface area (Å²) in [4.78, 5) is 12.9. The van der Waals surface area contributed by atoms with Gasteiger partial charge in [-0.25, -0.2) is 0 Å². The van der Waals surface area contributed by atoms with Crippen molar-refractivity contribution in [2.75, 3.05) is 6.61 Å². The average molecular weight is 296 g/mol. The minimum Gasteiger partial charge on any atom is -0.465 e. The summed E-state index contributed by atoms with van der Waals surface area (Å²) < 4.78 is 5.47. The van der Waals surface area contributed by atoms with Gasteiger partial charge in [0, 0.05) is 0 Å². The zero-order chi connectivity index (χ0) is 15.8. The van der Waals surface area contributed by atoms with Crippen LogP contribution in [-0.2, 0) is 14.9 Å². The third-order valence-electron chi connectivity index (χ3n) is 4.06. The van der Waals surface area contributed by atoms with E-state index in [1.807, 2.05) is 67.6 Å². The lowest BCUT2D eigenvalue weighted by atomic mass is 9.71. The van der Waals surface area contributed by atoms with E-state index in [9.17, 15) is 4.79 Å². The number of carbonyl (C=O) groups excluding carboxylic acids is 1. The van der Waals surface area contributed by atoms with Gasteiger partial charge in [0.2, 0.25) is 0 Å². The highest BCUT2D eigenvalue weighted by atomic mass is 16.5. The molecule has 0 spiro atoms. The molecule has 2 heteroatoms. The third-order valence-corrected chi connectivity index (χ3v) is 4.06. The van der Waals surface area contributed by atoms with E-state index >= 15 is 0 Å². The van der Waals surface area contributed by atoms with E-state index in [2.05, 4.69) is 6.92 Å². The van der Waals surface area contributed by atoms with Gasteiger partial charge in [0.25, 0.3) is 0 Å². The summed E-state index contributed by atoms with van der Waals surface area (Å²) >= 11 is 0. The molecule has 2 aromatic carbocycles. The van der Waals surface area contributed by atoms with Gasteiger partial charge in [-0.05, 0) is 24.5 Å². The van der Waals surface area contributed by atoms with Gasteiger partial charge in [-0.15, -0.1) is 0 Å². The van der Waals surface area contributed by atoms with Crippen LogP contribution in [0.2, 0.25) is 0 Å². The van der Waals surface area contributed by atoms with Crippen molar-refractivity contribution in [1.82, 2.24) is 0 Å². The molecule has 0 saturated carbocycles. The highest BCUT2D eigenvalue weighted by molar-refractivity contribution is 5.87. The van der Waals surface area contributed by atoms with Crippen LogP contribution in [0.1, 0.15) is 44.2 Å². The molecule has 0 aromatic heterocycles. The molecule has 0 aliphatic carbocycles. The van der Waals surface area contributed by atoms with Gasteiger partial charge in [-0.3, -0.25) is 4.79 Å². The minimum atomic E-state index is -0.714. The molecule has 116 valence electrons. The molecule has 0 aliphatic rings. The maximum absolute atomic E-state index is 12.9. The van der Waals surface area contributed by atoms with Crippen molar-refractivity contribution in [1.29, 1.82) is 0 Å². The van der Waals surface area contributed by atoms with Crippen LogP contribution in [0.5, 0.6) is 0 Å². The Morgan fingerprint density at radius 2 is 1.41 bits per heavy atom. The SMILES string of the molecule is CCCCC(C(=O)OCC)(c1ccccc1)c1ccccc1. The van der Waals surface area contributed by atoms with Crippen LogP contribution in [0.25, 0.3) is 0 Å². The van der Waals surface area contributed by atoms with Crippen LogP contribution in [-0.4, -0.2) is 12.6 Å². The Labute approximate surface area is 133 Å². The van der Waals surface area contributed by atoms with Gasteiger partial charge < -0.3 is 4.74 Å². The Hall–Kier alpha value is -2.09. The van der Waals surface area contributed by atoms with Gasteiger partial charge >= 0.3 is 5.97 Å². The second-order valence-corrected chi connectivity index (χ2v) is 5.46. The van der Waals surface area contributed by atoms with E-state index < -0.39 is 5.41 Å². The van der Waals surface area contributed by atoms with Crippen LogP contribution in [0.15, 0.2) is 60.7 Å². The van der Waals surface area contributed by atoms with Crippen molar-refractivity contribution in [3.63, 3.8) is 0 Å². The first-order chi connectivity index (χ1) is 10.8. The van der Waals surface area contributed by atoms with Crippen molar-refractivity contribution in [3.8, 4) is 0 Å². The number of hydrogen-bond acceptors (Lipinski definition) is 2. The quantitative estimate of drug-likeness (QED) is 0.691. The second-order valence-electron chi connectivity index (χ2n) is 5.46. The lowest BCUT2D eigenvalue weighted by molar-refractivity contribution is -0.148. The topological polar surface area (TPSA) is 26.3 Å². The number of carbonyl (C=O) groups is 1. The number of rotatable bonds is 7. The molecular formula is C20H24O2. The van der Waals surface area contributed by atoms with E-state index in [-0.39, 0.29) is 5.97 Å². The first-order valence-electron chi connectivity index (χ1n) is 8.04. The maximum Gasteiger partial charge on any atom is 0.321 e. The number of ether oxygens (including phenoxy) is 1. The summed E-state index contributed by atoms with van der Waals surface area (Å²) in [6, 6.07) is 20.0. The Morgan fingerprint density at radius 3 is 1.82 bits per heavy atom. The molecule has 0 amide bonds. The van der Waals surface area contributed by atoms with Gasteiger partial charge in [0.05, 0.1) is 6.61 Å². The summed E-state index contributed by atoms with van der Waals surface area (Å²) in [6.45, 7) is 4.40. The lowest BCUT2D eigenvalue weighted by Gasteiger charge is -2.32. The Morgan fingerprint density at radius 1 is 0.909 bits per heavy atom. The van der Waals surface area contributed by atoms with Crippen molar-refractivity contribution >= 4 is 5.97 Å². The summed E-state index contributed by atoms with van der Waals surface area (Å²) in [5.41, 5.74) is 1.30. The monoisotopic (exact) mass is 296 g/mol. The van der Waals surface area contributed by atoms with Crippen LogP contribution in [0.4, 0.5) is 0 Å². The van der Waals surface area contributed by atoms with E-state index in [1.54, 1.807) is 0 Å². The van der Waals surface area contributed by atoms with Crippen LogP contribution in [0.3, 0.4) is 0 Å². The van der Waals surface area contributed by atoms with Crippen molar-refractivity contribution < 1.29 is 9.53 Å². The predicted molar refractivity (Wildman–Crippen MR) is 89.8 cm³/mol. The number of benzene rings is 2. The lowest BCUT2D eigenvalue weighted by Crippen LogP contribution is -2.39. The molecule has 0 fully saturated rings. The van der Waals surface area contributed by atoms with E-state index in [1.165, 1.54) is 0 Å². The molecule has 0 aliphatic heterocycles. The molecule has 0 heterocycles. The maximum atomic E-state index is 12.9. The summed E-state index contributed by atoms with van der Waals surface area (Å²) in [5.74, 6) is -0.152. The molecule has 0 radical (unpaired) electrons. The fourth-order valence-electron chi connectivity index (χ4n) is 2.93. The van der Waals surface area contributed by atoms with Gasteiger partial charge in [0.15, 0.2) is 0 Å². The Bertz CT molecular complexity index is 536. The minimum absolute atomic E-state index is 0.152. The van der Waals surface area contributed by atoms with E-state index in [0.29, 0.717) is 6.61 Å². The van der Waals surface area contributed by atoms with Crippen LogP contribution >= 0.6 is 0 Å². The Balaban J connectivity index is 2.60. The summed E-state index contributed by atoms with van der Waals surface area (Å²) in [5, 5.41) is 0. The first kappa shape index (κ1) is 16.3. The molecule has 2 rings (SSSR count). The third kappa shape index (κ3) is 3.22.